The van der Waals surface area contributed by atoms with Gasteiger partial charge in [-0.3, -0.25) is 0 Å². The van der Waals surface area contributed by atoms with Gasteiger partial charge in [-0.1, -0.05) is 0 Å². The van der Waals surface area contributed by atoms with Crippen LogP contribution in [-0.2, 0) is 0 Å². The minimum absolute atomic E-state index is 1.20. The van der Waals surface area contributed by atoms with E-state index in [2.05, 4.69) is 38.0 Å². The predicted molar refractivity (Wildman–Crippen MR) is 47.8 cm³/mol. The van der Waals surface area contributed by atoms with Crippen molar-refractivity contribution in [1.82, 2.24) is 0 Å². The van der Waals surface area contributed by atoms with Crippen LogP contribution in [0, 0.1) is 12.8 Å². The summed E-state index contributed by atoms with van der Waals surface area (Å²) < 4.78 is 0. The molecule has 1 saturated carbocycles. The molecule has 0 spiro atoms. The fraction of sp³-hybridized carbons (Fsp3) is 0.273. The van der Waals surface area contributed by atoms with E-state index >= 15 is 0 Å². The van der Waals surface area contributed by atoms with Crippen LogP contribution in [0.25, 0.3) is 0 Å². The van der Waals surface area contributed by atoms with Crippen LogP contribution in [0.5, 0.6) is 0 Å². The highest BCUT2D eigenvalue weighted by Gasteiger charge is 2.27. The largest absolute Gasteiger partial charge is 0.147 e. The third-order valence-corrected chi connectivity index (χ3v) is 2.24. The van der Waals surface area contributed by atoms with Gasteiger partial charge in [0.25, 0.3) is 0 Å². The molecule has 2 aliphatic rings. The van der Waals surface area contributed by atoms with Crippen molar-refractivity contribution in [2.75, 3.05) is 0 Å². The van der Waals surface area contributed by atoms with Gasteiger partial charge in [-0.2, -0.15) is 0 Å². The monoisotopic (exact) mass is 144 g/mol. The summed E-state index contributed by atoms with van der Waals surface area (Å²) in [4.78, 5) is 0. The second-order valence-electron chi connectivity index (χ2n) is 3.17. The third-order valence-electron chi connectivity index (χ3n) is 2.24. The van der Waals surface area contributed by atoms with Crippen LogP contribution in [-0.4, -0.2) is 0 Å². The van der Waals surface area contributed by atoms with E-state index in [-0.39, 0.29) is 0 Å². The maximum atomic E-state index is 2.31. The summed E-state index contributed by atoms with van der Waals surface area (Å²) in [7, 11) is 0. The smallest absolute Gasteiger partial charge is 0.00461 e. The molecule has 54 valence electrons. The van der Waals surface area contributed by atoms with Gasteiger partial charge in [0.2, 0.25) is 0 Å². The topological polar surface area (TPSA) is 0 Å². The minimum atomic E-state index is 1.20. The van der Waals surface area contributed by atoms with Crippen LogP contribution in [0.4, 0.5) is 0 Å². The van der Waals surface area contributed by atoms with Crippen molar-refractivity contribution in [3.05, 3.63) is 47.8 Å². The molecule has 0 aromatic rings. The van der Waals surface area contributed by atoms with E-state index in [0.717, 1.165) is 0 Å². The maximum Gasteiger partial charge on any atom is 0.147 e. The van der Waals surface area contributed by atoms with Gasteiger partial charge in [0.05, 0.1) is 0 Å². The molecule has 0 saturated heterocycles. The summed E-state index contributed by atoms with van der Waals surface area (Å²) in [6, 6.07) is 0. The van der Waals surface area contributed by atoms with E-state index < -0.39 is 0 Å². The number of hydrogen-bond donors (Lipinski definition) is 0. The van der Waals surface area contributed by atoms with Gasteiger partial charge >= 0.3 is 0 Å². The summed E-state index contributed by atoms with van der Waals surface area (Å²) in [5, 5.41) is 0. The second-order valence-corrected chi connectivity index (χ2v) is 3.17. The normalized spacial score (nSPS) is 21.7. The van der Waals surface area contributed by atoms with Gasteiger partial charge in [-0.15, -0.1) is 0 Å². The van der Waals surface area contributed by atoms with Crippen LogP contribution in [0.15, 0.2) is 34.9 Å². The van der Waals surface area contributed by atoms with Crippen LogP contribution in [0.3, 0.4) is 0 Å². The Morgan fingerprint density at radius 3 is 2.55 bits per heavy atom. The van der Waals surface area contributed by atoms with E-state index in [1.807, 2.05) is 0 Å². The molecule has 2 rings (SSSR count). The molecule has 0 heterocycles. The lowest BCUT2D eigenvalue weighted by molar-refractivity contribution is 0.837. The van der Waals surface area contributed by atoms with Gasteiger partial charge in [0.15, 0.2) is 0 Å². The average Bonchev–Trinajstić information content (AvgIpc) is 1.90. The summed E-state index contributed by atoms with van der Waals surface area (Å²) in [6.45, 7) is 2.13. The van der Waals surface area contributed by atoms with Crippen molar-refractivity contribution in [3.63, 3.8) is 0 Å². The first-order valence-corrected chi connectivity index (χ1v) is 4.09. The van der Waals surface area contributed by atoms with Crippen molar-refractivity contribution in [2.45, 2.75) is 19.8 Å². The average molecular weight is 144 g/mol. The Labute approximate surface area is 68.3 Å². The number of hydrogen-bond acceptors (Lipinski definition) is 0. The molecule has 0 atom stereocenters. The molecule has 0 aromatic carbocycles. The highest BCUT2D eigenvalue weighted by atomic mass is 14.2. The molecule has 1 fully saturated rings. The van der Waals surface area contributed by atoms with Crippen molar-refractivity contribution < 1.29 is 0 Å². The first kappa shape index (κ1) is 6.66. The van der Waals surface area contributed by atoms with E-state index in [1.54, 1.807) is 5.57 Å². The highest BCUT2D eigenvalue weighted by Crippen LogP contribution is 2.31. The molecule has 0 amide bonds. The van der Waals surface area contributed by atoms with Crippen LogP contribution >= 0.6 is 0 Å². The van der Waals surface area contributed by atoms with Gasteiger partial charge in [0.1, 0.15) is 30.4 Å². The Morgan fingerprint density at radius 2 is 2.09 bits per heavy atom. The summed E-state index contributed by atoms with van der Waals surface area (Å²) in [6.07, 6.45) is 13.5. The first-order valence-electron chi connectivity index (χ1n) is 4.09. The van der Waals surface area contributed by atoms with Crippen molar-refractivity contribution >= 4 is 0 Å². The van der Waals surface area contributed by atoms with Crippen LogP contribution in [0.2, 0.25) is 0 Å². The molecule has 0 aliphatic heterocycles. The third kappa shape index (κ3) is 1.21. The molecule has 0 radical (unpaired) electrons. The number of allylic oxidation sites excluding steroid dienone is 6. The molecule has 0 unspecified atom stereocenters. The fourth-order valence-corrected chi connectivity index (χ4v) is 1.31. The molecule has 2 aliphatic carbocycles. The van der Waals surface area contributed by atoms with E-state index in [4.69, 9.17) is 0 Å². The Morgan fingerprint density at radius 1 is 1.27 bits per heavy atom. The maximum absolute atomic E-state index is 2.31. The molecular weight excluding hydrogens is 132 g/mol. The molecule has 0 heteroatoms. The molecule has 11 heavy (non-hydrogen) atoms. The van der Waals surface area contributed by atoms with E-state index in [1.165, 1.54) is 24.0 Å². The van der Waals surface area contributed by atoms with Gasteiger partial charge in [0, 0.05) is 30.2 Å². The number of rotatable bonds is 0. The molecule has 0 nitrogen and oxygen atoms in total. The first-order chi connectivity index (χ1) is 5.36. The lowest BCUT2D eigenvalue weighted by atomic mass is 9.85. The van der Waals surface area contributed by atoms with Crippen molar-refractivity contribution in [1.29, 1.82) is 0 Å². The van der Waals surface area contributed by atoms with Gasteiger partial charge < -0.3 is 0 Å². The second kappa shape index (κ2) is 2.54. The summed E-state index contributed by atoms with van der Waals surface area (Å²) in [5.41, 5.74) is 4.36. The SMILES string of the molecule is CC1=C[CH+]C(=C2C[CH+]C2)C=C1. The zero-order chi connectivity index (χ0) is 7.68. The zero-order valence-corrected chi connectivity index (χ0v) is 6.80. The van der Waals surface area contributed by atoms with Gasteiger partial charge in [-0.05, 0) is 6.92 Å². The molecule has 0 aromatic heterocycles. The van der Waals surface area contributed by atoms with E-state index in [9.17, 15) is 0 Å². The van der Waals surface area contributed by atoms with Gasteiger partial charge in [-0.25, -0.2) is 0 Å². The van der Waals surface area contributed by atoms with Crippen molar-refractivity contribution in [3.8, 4) is 0 Å². The standard InChI is InChI=1S/C11H12/c1-9-5-7-11(8-6-9)10-3-2-4-10/h2,5-8H,3-4H2,1H3/q+2. The lowest BCUT2D eigenvalue weighted by Gasteiger charge is -2.06. The zero-order valence-electron chi connectivity index (χ0n) is 6.80. The molecule has 0 N–H and O–H groups in total. The Hall–Kier alpha value is -1.04. The van der Waals surface area contributed by atoms with Crippen LogP contribution in [0.1, 0.15) is 19.8 Å². The predicted octanol–water partition coefficient (Wildman–Crippen LogP) is 3.00. The summed E-state index contributed by atoms with van der Waals surface area (Å²) in [5.74, 6) is 0. The Kier molecular flexibility index (Phi) is 1.54. The lowest BCUT2D eigenvalue weighted by Crippen LogP contribution is -2.02. The Bertz CT molecular complexity index is 245. The minimum Gasteiger partial charge on any atom is -0.00461 e. The van der Waals surface area contributed by atoms with Crippen molar-refractivity contribution in [2.24, 2.45) is 0 Å². The Balaban J connectivity index is 2.16. The summed E-state index contributed by atoms with van der Waals surface area (Å²) >= 11 is 0. The fourth-order valence-electron chi connectivity index (χ4n) is 1.31. The molecule has 0 bridgehead atoms. The van der Waals surface area contributed by atoms with Crippen LogP contribution < -0.4 is 0 Å². The highest BCUT2D eigenvalue weighted by molar-refractivity contribution is 5.47. The quantitative estimate of drug-likeness (QED) is 0.458. The van der Waals surface area contributed by atoms with E-state index in [0.29, 0.717) is 0 Å². The molecular formula is C11H12+2.